The summed E-state index contributed by atoms with van der Waals surface area (Å²) in [5.41, 5.74) is 0. The molecule has 0 aromatic heterocycles. The molecule has 0 radical (unpaired) electrons. The standard InChI is InChI=1S/C10H16N2O3/c13-9(14)5-11-10(15)12(8-3-4-8)6-7-1-2-7/h7-8H,1-6H2,(H,11,15)(H,13,14). The monoisotopic (exact) mass is 212 g/mol. The minimum absolute atomic E-state index is 0.216. The quantitative estimate of drug-likeness (QED) is 0.703. The zero-order valence-corrected chi connectivity index (χ0v) is 8.61. The summed E-state index contributed by atoms with van der Waals surface area (Å²) in [6.07, 6.45) is 4.53. The Labute approximate surface area is 88.4 Å². The molecule has 2 aliphatic carbocycles. The Balaban J connectivity index is 1.79. The van der Waals surface area contributed by atoms with Crippen molar-refractivity contribution in [1.82, 2.24) is 10.2 Å². The molecule has 0 atom stereocenters. The van der Waals surface area contributed by atoms with Crippen molar-refractivity contribution in [2.45, 2.75) is 31.7 Å². The first-order valence-corrected chi connectivity index (χ1v) is 5.43. The van der Waals surface area contributed by atoms with Gasteiger partial charge < -0.3 is 15.3 Å². The van der Waals surface area contributed by atoms with E-state index in [9.17, 15) is 9.59 Å². The molecule has 84 valence electrons. The van der Waals surface area contributed by atoms with Gasteiger partial charge in [0.2, 0.25) is 0 Å². The lowest BCUT2D eigenvalue weighted by Gasteiger charge is -2.22. The average molecular weight is 212 g/mol. The van der Waals surface area contributed by atoms with Gasteiger partial charge in [0.05, 0.1) is 0 Å². The first-order valence-electron chi connectivity index (χ1n) is 5.43. The normalized spacial score (nSPS) is 19.7. The Morgan fingerprint density at radius 3 is 2.40 bits per heavy atom. The number of carbonyl (C=O) groups excluding carboxylic acids is 1. The van der Waals surface area contributed by atoms with Gasteiger partial charge in [-0.2, -0.15) is 0 Å². The lowest BCUT2D eigenvalue weighted by Crippen LogP contribution is -2.44. The van der Waals surface area contributed by atoms with Crippen LogP contribution in [0.25, 0.3) is 0 Å². The molecule has 0 aliphatic heterocycles. The van der Waals surface area contributed by atoms with Crippen molar-refractivity contribution in [2.75, 3.05) is 13.1 Å². The summed E-state index contributed by atoms with van der Waals surface area (Å²) in [5, 5.41) is 10.9. The molecule has 2 rings (SSSR count). The minimum Gasteiger partial charge on any atom is -0.480 e. The second-order valence-electron chi connectivity index (χ2n) is 4.38. The van der Waals surface area contributed by atoms with Crippen LogP contribution in [0.2, 0.25) is 0 Å². The highest BCUT2D eigenvalue weighted by Gasteiger charge is 2.36. The molecule has 0 heterocycles. The van der Waals surface area contributed by atoms with Gasteiger partial charge in [0.25, 0.3) is 0 Å². The highest BCUT2D eigenvalue weighted by atomic mass is 16.4. The van der Waals surface area contributed by atoms with E-state index < -0.39 is 5.97 Å². The molecule has 2 amide bonds. The van der Waals surface area contributed by atoms with Gasteiger partial charge in [0.15, 0.2) is 0 Å². The van der Waals surface area contributed by atoms with Crippen LogP contribution in [0.3, 0.4) is 0 Å². The number of urea groups is 1. The van der Waals surface area contributed by atoms with Crippen LogP contribution in [-0.4, -0.2) is 41.1 Å². The van der Waals surface area contributed by atoms with Gasteiger partial charge in [-0.15, -0.1) is 0 Å². The highest BCUT2D eigenvalue weighted by Crippen LogP contribution is 2.34. The van der Waals surface area contributed by atoms with Gasteiger partial charge in [-0.3, -0.25) is 4.79 Å². The third-order valence-electron chi connectivity index (χ3n) is 2.79. The summed E-state index contributed by atoms with van der Waals surface area (Å²) in [5.74, 6) is -0.341. The summed E-state index contributed by atoms with van der Waals surface area (Å²) in [6.45, 7) is 0.517. The third-order valence-corrected chi connectivity index (χ3v) is 2.79. The predicted molar refractivity (Wildman–Crippen MR) is 53.5 cm³/mol. The maximum absolute atomic E-state index is 11.6. The van der Waals surface area contributed by atoms with E-state index in [1.165, 1.54) is 12.8 Å². The first kappa shape index (κ1) is 10.3. The van der Waals surface area contributed by atoms with Crippen LogP contribution >= 0.6 is 0 Å². The molecule has 2 saturated carbocycles. The number of carboxylic acid groups (broad SMARTS) is 1. The topological polar surface area (TPSA) is 69.6 Å². The number of hydrogen-bond acceptors (Lipinski definition) is 2. The van der Waals surface area contributed by atoms with Crippen LogP contribution in [0.15, 0.2) is 0 Å². The van der Waals surface area contributed by atoms with E-state index in [2.05, 4.69) is 5.32 Å². The van der Waals surface area contributed by atoms with Gasteiger partial charge in [-0.25, -0.2) is 4.79 Å². The number of carbonyl (C=O) groups is 2. The molecule has 2 aliphatic rings. The van der Waals surface area contributed by atoms with Gasteiger partial charge in [-0.05, 0) is 31.6 Å². The second-order valence-corrected chi connectivity index (χ2v) is 4.38. The van der Waals surface area contributed by atoms with Crippen molar-refractivity contribution in [3.05, 3.63) is 0 Å². The van der Waals surface area contributed by atoms with Crippen molar-refractivity contribution < 1.29 is 14.7 Å². The summed E-state index contributed by atoms with van der Waals surface area (Å²) >= 11 is 0. The Morgan fingerprint density at radius 2 is 1.93 bits per heavy atom. The van der Waals surface area contributed by atoms with E-state index in [0.717, 1.165) is 19.4 Å². The maximum Gasteiger partial charge on any atom is 0.323 e. The van der Waals surface area contributed by atoms with Crippen LogP contribution < -0.4 is 5.32 Å². The number of nitrogens with one attached hydrogen (secondary N) is 1. The van der Waals surface area contributed by atoms with E-state index >= 15 is 0 Å². The largest absolute Gasteiger partial charge is 0.480 e. The number of amides is 2. The van der Waals surface area contributed by atoms with E-state index in [0.29, 0.717) is 12.0 Å². The van der Waals surface area contributed by atoms with Crippen LogP contribution in [0, 0.1) is 5.92 Å². The maximum atomic E-state index is 11.6. The number of aliphatic carboxylic acids is 1. The van der Waals surface area contributed by atoms with Crippen molar-refractivity contribution in [2.24, 2.45) is 5.92 Å². The predicted octanol–water partition coefficient (Wildman–Crippen LogP) is 0.655. The molecular formula is C10H16N2O3. The molecule has 15 heavy (non-hydrogen) atoms. The summed E-state index contributed by atoms with van der Waals surface area (Å²) in [4.78, 5) is 23.8. The lowest BCUT2D eigenvalue weighted by molar-refractivity contribution is -0.135. The molecule has 5 heteroatoms. The van der Waals surface area contributed by atoms with E-state index in [-0.39, 0.29) is 12.6 Å². The molecule has 0 aromatic rings. The first-order chi connectivity index (χ1) is 7.16. The van der Waals surface area contributed by atoms with Gasteiger partial charge in [0.1, 0.15) is 6.54 Å². The molecule has 0 spiro atoms. The van der Waals surface area contributed by atoms with Crippen molar-refractivity contribution in [1.29, 1.82) is 0 Å². The van der Waals surface area contributed by atoms with E-state index in [4.69, 9.17) is 5.11 Å². The number of rotatable bonds is 5. The summed E-state index contributed by atoms with van der Waals surface area (Å²) in [6, 6.07) is 0.145. The van der Waals surface area contributed by atoms with Crippen LogP contribution in [0.5, 0.6) is 0 Å². The fourth-order valence-corrected chi connectivity index (χ4v) is 1.62. The smallest absolute Gasteiger partial charge is 0.323 e. The van der Waals surface area contributed by atoms with E-state index in [1.54, 1.807) is 4.90 Å². The number of nitrogens with zero attached hydrogens (tertiary/aromatic N) is 1. The molecule has 5 nitrogen and oxygen atoms in total. The Hall–Kier alpha value is -1.26. The van der Waals surface area contributed by atoms with Crippen LogP contribution in [0.4, 0.5) is 4.79 Å². The minimum atomic E-state index is -0.995. The summed E-state index contributed by atoms with van der Waals surface area (Å²) in [7, 11) is 0. The fraction of sp³-hybridized carbons (Fsp3) is 0.800. The molecule has 2 N–H and O–H groups in total. The van der Waals surface area contributed by atoms with Gasteiger partial charge in [0, 0.05) is 12.6 Å². The molecule has 0 bridgehead atoms. The van der Waals surface area contributed by atoms with Crippen LogP contribution in [-0.2, 0) is 4.79 Å². The molecule has 0 aromatic carbocycles. The number of hydrogen-bond donors (Lipinski definition) is 2. The second kappa shape index (κ2) is 4.08. The number of carboxylic acids is 1. The lowest BCUT2D eigenvalue weighted by atomic mass is 10.3. The molecule has 0 unspecified atom stereocenters. The zero-order chi connectivity index (χ0) is 10.8. The molecule has 0 saturated heterocycles. The van der Waals surface area contributed by atoms with Crippen molar-refractivity contribution in [3.63, 3.8) is 0 Å². The zero-order valence-electron chi connectivity index (χ0n) is 8.61. The highest BCUT2D eigenvalue weighted by molar-refractivity contribution is 5.80. The van der Waals surface area contributed by atoms with Crippen molar-refractivity contribution >= 4 is 12.0 Å². The molecular weight excluding hydrogens is 196 g/mol. The molecule has 2 fully saturated rings. The van der Waals surface area contributed by atoms with Gasteiger partial charge in [-0.1, -0.05) is 0 Å². The van der Waals surface area contributed by atoms with E-state index in [1.807, 2.05) is 0 Å². The van der Waals surface area contributed by atoms with Gasteiger partial charge >= 0.3 is 12.0 Å². The van der Waals surface area contributed by atoms with Crippen LogP contribution in [0.1, 0.15) is 25.7 Å². The fourth-order valence-electron chi connectivity index (χ4n) is 1.62. The van der Waals surface area contributed by atoms with Crippen molar-refractivity contribution in [3.8, 4) is 0 Å². The Kier molecular flexibility index (Phi) is 2.79. The SMILES string of the molecule is O=C(O)CNC(=O)N(CC1CC1)C1CC1. The third kappa shape index (κ3) is 3.11. The average Bonchev–Trinajstić information content (AvgIpc) is 3.00. The summed E-state index contributed by atoms with van der Waals surface area (Å²) < 4.78 is 0. The Bertz CT molecular complexity index is 272. The Morgan fingerprint density at radius 1 is 1.27 bits per heavy atom.